The highest BCUT2D eigenvalue weighted by Gasteiger charge is 2.09. The Bertz CT molecular complexity index is 979. The molecule has 0 heterocycles. The fourth-order valence-corrected chi connectivity index (χ4v) is 2.69. The van der Waals surface area contributed by atoms with Crippen molar-refractivity contribution in [3.8, 4) is 6.07 Å². The molecule has 0 saturated carbocycles. The van der Waals surface area contributed by atoms with Gasteiger partial charge in [0.2, 0.25) is 0 Å². The molecule has 0 atom stereocenters. The number of nitriles is 1. The molecule has 0 aliphatic heterocycles. The van der Waals surface area contributed by atoms with Crippen molar-refractivity contribution in [2.75, 3.05) is 0 Å². The van der Waals surface area contributed by atoms with Crippen LogP contribution in [-0.4, -0.2) is 5.91 Å². The Labute approximate surface area is 151 Å². The molecule has 0 saturated heterocycles. The van der Waals surface area contributed by atoms with Crippen molar-refractivity contribution < 1.29 is 4.79 Å². The molecule has 3 aromatic rings. The quantitative estimate of drug-likeness (QED) is 0.549. The molecule has 1 amide bonds. The average Bonchev–Trinajstić information content (AvgIpc) is 2.65. The highest BCUT2D eigenvalue weighted by Crippen LogP contribution is 2.21. The van der Waals surface area contributed by atoms with Crippen LogP contribution in [0.5, 0.6) is 0 Å². The second kappa shape index (κ2) is 7.65. The zero-order valence-electron chi connectivity index (χ0n) is 13.4. The molecule has 3 nitrogen and oxygen atoms in total. The lowest BCUT2D eigenvalue weighted by Gasteiger charge is -2.06. The molecule has 0 aliphatic carbocycles. The first-order chi connectivity index (χ1) is 12.2. The van der Waals surface area contributed by atoms with Crippen LogP contribution in [0.1, 0.15) is 11.1 Å². The van der Waals surface area contributed by atoms with E-state index in [1.54, 1.807) is 18.2 Å². The van der Waals surface area contributed by atoms with E-state index in [0.717, 1.165) is 21.9 Å². The van der Waals surface area contributed by atoms with E-state index >= 15 is 0 Å². The van der Waals surface area contributed by atoms with Crippen molar-refractivity contribution in [2.45, 2.75) is 6.54 Å². The van der Waals surface area contributed by atoms with E-state index in [1.807, 2.05) is 60.7 Å². The van der Waals surface area contributed by atoms with Crippen LogP contribution in [0, 0.1) is 11.3 Å². The number of rotatable bonds is 4. The SMILES string of the molecule is N#C/C(=C\c1cccc2ccccc12)C(=O)NCc1ccc(Cl)cc1. The lowest BCUT2D eigenvalue weighted by Crippen LogP contribution is -2.23. The first kappa shape index (κ1) is 16.8. The van der Waals surface area contributed by atoms with Gasteiger partial charge in [-0.2, -0.15) is 5.26 Å². The first-order valence-electron chi connectivity index (χ1n) is 7.79. The molecule has 4 heteroatoms. The predicted molar refractivity (Wildman–Crippen MR) is 101 cm³/mol. The molecular formula is C21H15ClN2O. The van der Waals surface area contributed by atoms with Crippen molar-refractivity contribution in [3.63, 3.8) is 0 Å². The second-order valence-corrected chi connectivity index (χ2v) is 5.98. The lowest BCUT2D eigenvalue weighted by molar-refractivity contribution is -0.117. The highest BCUT2D eigenvalue weighted by molar-refractivity contribution is 6.30. The molecule has 0 spiro atoms. The number of amides is 1. The number of hydrogen-bond acceptors (Lipinski definition) is 2. The van der Waals surface area contributed by atoms with Crippen LogP contribution in [0.15, 0.2) is 72.3 Å². The minimum atomic E-state index is -0.398. The Morgan fingerprint density at radius 2 is 1.76 bits per heavy atom. The number of carbonyl (C=O) groups is 1. The molecule has 3 aromatic carbocycles. The molecule has 0 aliphatic rings. The summed E-state index contributed by atoms with van der Waals surface area (Å²) in [7, 11) is 0. The molecule has 0 bridgehead atoms. The van der Waals surface area contributed by atoms with Gasteiger partial charge in [-0.05, 0) is 40.1 Å². The maximum absolute atomic E-state index is 12.3. The van der Waals surface area contributed by atoms with Crippen LogP contribution in [0.2, 0.25) is 5.02 Å². The molecule has 122 valence electrons. The number of hydrogen-bond donors (Lipinski definition) is 1. The largest absolute Gasteiger partial charge is 0.347 e. The van der Waals surface area contributed by atoms with Crippen molar-refractivity contribution in [3.05, 3.63) is 88.5 Å². The molecule has 25 heavy (non-hydrogen) atoms. The van der Waals surface area contributed by atoms with Crippen LogP contribution in [-0.2, 0) is 11.3 Å². The normalized spacial score (nSPS) is 11.1. The van der Waals surface area contributed by atoms with Gasteiger partial charge in [-0.1, -0.05) is 66.2 Å². The van der Waals surface area contributed by atoms with Gasteiger partial charge in [0.25, 0.3) is 5.91 Å². The molecule has 0 unspecified atom stereocenters. The number of benzene rings is 3. The van der Waals surface area contributed by atoms with Crippen LogP contribution in [0.4, 0.5) is 0 Å². The fraction of sp³-hybridized carbons (Fsp3) is 0.0476. The van der Waals surface area contributed by atoms with Crippen LogP contribution >= 0.6 is 11.6 Å². The van der Waals surface area contributed by atoms with Gasteiger partial charge in [-0.25, -0.2) is 0 Å². The van der Waals surface area contributed by atoms with Gasteiger partial charge in [0.1, 0.15) is 11.6 Å². The van der Waals surface area contributed by atoms with Gasteiger partial charge in [-0.15, -0.1) is 0 Å². The molecule has 0 aromatic heterocycles. The number of halogens is 1. The van der Waals surface area contributed by atoms with Crippen molar-refractivity contribution in [1.82, 2.24) is 5.32 Å². The standard InChI is InChI=1S/C21H15ClN2O/c22-19-10-8-15(9-11-19)14-24-21(25)18(13-23)12-17-6-3-5-16-4-1-2-7-20(16)17/h1-12H,14H2,(H,24,25)/b18-12+. The van der Waals surface area contributed by atoms with Gasteiger partial charge >= 0.3 is 0 Å². The fourth-order valence-electron chi connectivity index (χ4n) is 2.56. The monoisotopic (exact) mass is 346 g/mol. The third-order valence-corrected chi connectivity index (χ3v) is 4.11. The third kappa shape index (κ3) is 4.06. The van der Waals surface area contributed by atoms with Gasteiger partial charge in [0.05, 0.1) is 0 Å². The number of nitrogens with one attached hydrogen (secondary N) is 1. The van der Waals surface area contributed by atoms with E-state index in [-0.39, 0.29) is 5.57 Å². The van der Waals surface area contributed by atoms with Crippen LogP contribution in [0.3, 0.4) is 0 Å². The molecule has 3 rings (SSSR count). The molecular weight excluding hydrogens is 332 g/mol. The average molecular weight is 347 g/mol. The predicted octanol–water partition coefficient (Wildman–Crippen LogP) is 4.72. The van der Waals surface area contributed by atoms with E-state index in [2.05, 4.69) is 5.32 Å². The summed E-state index contributed by atoms with van der Waals surface area (Å²) in [5, 5.41) is 14.8. The van der Waals surface area contributed by atoms with Gasteiger partial charge in [0.15, 0.2) is 0 Å². The Balaban J connectivity index is 1.81. The second-order valence-electron chi connectivity index (χ2n) is 5.55. The summed E-state index contributed by atoms with van der Waals surface area (Å²) in [6.07, 6.45) is 1.62. The van der Waals surface area contributed by atoms with Gasteiger partial charge < -0.3 is 5.32 Å². The van der Waals surface area contributed by atoms with Crippen LogP contribution in [0.25, 0.3) is 16.8 Å². The highest BCUT2D eigenvalue weighted by atomic mass is 35.5. The van der Waals surface area contributed by atoms with E-state index in [0.29, 0.717) is 11.6 Å². The number of nitrogens with zero attached hydrogens (tertiary/aromatic N) is 1. The van der Waals surface area contributed by atoms with E-state index < -0.39 is 5.91 Å². The van der Waals surface area contributed by atoms with Gasteiger partial charge in [0, 0.05) is 11.6 Å². The van der Waals surface area contributed by atoms with Crippen molar-refractivity contribution in [1.29, 1.82) is 5.26 Å². The lowest BCUT2D eigenvalue weighted by atomic mass is 10.0. The summed E-state index contributed by atoms with van der Waals surface area (Å²) < 4.78 is 0. The smallest absolute Gasteiger partial charge is 0.262 e. The molecule has 0 radical (unpaired) electrons. The zero-order chi connectivity index (χ0) is 17.6. The summed E-state index contributed by atoms with van der Waals surface area (Å²) in [6.45, 7) is 0.338. The summed E-state index contributed by atoms with van der Waals surface area (Å²) in [4.78, 5) is 12.3. The maximum Gasteiger partial charge on any atom is 0.262 e. The van der Waals surface area contributed by atoms with E-state index in [9.17, 15) is 10.1 Å². The van der Waals surface area contributed by atoms with E-state index in [1.165, 1.54) is 0 Å². The first-order valence-corrected chi connectivity index (χ1v) is 8.17. The zero-order valence-corrected chi connectivity index (χ0v) is 14.1. The van der Waals surface area contributed by atoms with E-state index in [4.69, 9.17) is 11.6 Å². The summed E-state index contributed by atoms with van der Waals surface area (Å²) in [6, 6.07) is 22.9. The van der Waals surface area contributed by atoms with Gasteiger partial charge in [-0.3, -0.25) is 4.79 Å². The Morgan fingerprint density at radius 3 is 2.52 bits per heavy atom. The number of carbonyl (C=O) groups excluding carboxylic acids is 1. The Kier molecular flexibility index (Phi) is 5.13. The minimum absolute atomic E-state index is 0.0744. The third-order valence-electron chi connectivity index (χ3n) is 3.85. The van der Waals surface area contributed by atoms with Crippen LogP contribution < -0.4 is 5.32 Å². The minimum Gasteiger partial charge on any atom is -0.347 e. The van der Waals surface area contributed by atoms with Crippen molar-refractivity contribution in [2.24, 2.45) is 0 Å². The number of fused-ring (bicyclic) bond motifs is 1. The topological polar surface area (TPSA) is 52.9 Å². The maximum atomic E-state index is 12.3. The van der Waals surface area contributed by atoms with Crippen molar-refractivity contribution >= 4 is 34.4 Å². The summed E-state index contributed by atoms with van der Waals surface area (Å²) in [5.41, 5.74) is 1.84. The summed E-state index contributed by atoms with van der Waals surface area (Å²) in [5.74, 6) is -0.398. The Morgan fingerprint density at radius 1 is 1.04 bits per heavy atom. The molecule has 0 fully saturated rings. The molecule has 1 N–H and O–H groups in total. The Hall–Kier alpha value is -3.09. The summed E-state index contributed by atoms with van der Waals surface area (Å²) >= 11 is 5.85.